The highest BCUT2D eigenvalue weighted by Crippen LogP contribution is 2.32. The van der Waals surface area contributed by atoms with Crippen LogP contribution in [0.5, 0.6) is 0 Å². The van der Waals surface area contributed by atoms with Crippen LogP contribution < -0.4 is 10.2 Å². The van der Waals surface area contributed by atoms with Gasteiger partial charge in [-0.05, 0) is 36.2 Å². The molecule has 3 rings (SSSR count). The summed E-state index contributed by atoms with van der Waals surface area (Å²) in [6.45, 7) is 3.31. The fourth-order valence-electron chi connectivity index (χ4n) is 3.03. The molecular weight excluding hydrogens is 384 g/mol. The largest absolute Gasteiger partial charge is 0.480 e. The molecule has 0 aromatic heterocycles. The average Bonchev–Trinajstić information content (AvgIpc) is 2.90. The van der Waals surface area contributed by atoms with Crippen LogP contribution in [0.3, 0.4) is 0 Å². The minimum atomic E-state index is -1.19. The summed E-state index contributed by atoms with van der Waals surface area (Å²) < 4.78 is 0. The van der Waals surface area contributed by atoms with E-state index in [1.807, 2.05) is 0 Å². The maximum atomic E-state index is 12.8. The van der Waals surface area contributed by atoms with Crippen LogP contribution in [-0.4, -0.2) is 34.8 Å². The van der Waals surface area contributed by atoms with Gasteiger partial charge in [0.1, 0.15) is 6.04 Å². The summed E-state index contributed by atoms with van der Waals surface area (Å²) in [4.78, 5) is 50.6. The molecule has 2 aromatic rings. The summed E-state index contributed by atoms with van der Waals surface area (Å²) in [5.41, 5.74) is 0.453. The number of benzene rings is 2. The number of nitrogens with one attached hydrogen (secondary N) is 1. The maximum absolute atomic E-state index is 12.8. The minimum absolute atomic E-state index is 0.0426. The van der Waals surface area contributed by atoms with Crippen LogP contribution in [0, 0.1) is 5.92 Å². The monoisotopic (exact) mass is 400 g/mol. The Kier molecular flexibility index (Phi) is 5.20. The van der Waals surface area contributed by atoms with Gasteiger partial charge in [-0.3, -0.25) is 14.4 Å². The number of carbonyl (C=O) groups is 4. The first-order valence-electron chi connectivity index (χ1n) is 8.53. The molecule has 2 aromatic carbocycles. The van der Waals surface area contributed by atoms with Gasteiger partial charge in [0.05, 0.1) is 22.4 Å². The Morgan fingerprint density at radius 2 is 1.61 bits per heavy atom. The van der Waals surface area contributed by atoms with Crippen molar-refractivity contribution in [2.75, 3.05) is 4.90 Å². The van der Waals surface area contributed by atoms with Crippen LogP contribution in [-0.2, 0) is 4.79 Å². The second kappa shape index (κ2) is 7.44. The molecule has 144 valence electrons. The number of nitrogens with zero attached hydrogens (tertiary/aromatic N) is 1. The molecule has 0 aliphatic carbocycles. The molecule has 0 saturated heterocycles. The number of anilines is 1. The zero-order chi connectivity index (χ0) is 20.6. The van der Waals surface area contributed by atoms with E-state index in [1.165, 1.54) is 30.3 Å². The predicted octanol–water partition coefficient (Wildman–Crippen LogP) is 2.98. The summed E-state index contributed by atoms with van der Waals surface area (Å²) in [5.74, 6) is -3.42. The van der Waals surface area contributed by atoms with E-state index in [-0.39, 0.29) is 33.3 Å². The van der Waals surface area contributed by atoms with Crippen molar-refractivity contribution in [1.29, 1.82) is 0 Å². The molecule has 0 saturated carbocycles. The molecule has 0 radical (unpaired) electrons. The lowest BCUT2D eigenvalue weighted by Crippen LogP contribution is -2.45. The number of rotatable bonds is 5. The van der Waals surface area contributed by atoms with Crippen molar-refractivity contribution in [1.82, 2.24) is 5.32 Å². The number of halogens is 1. The number of imide groups is 1. The summed E-state index contributed by atoms with van der Waals surface area (Å²) in [7, 11) is 0. The van der Waals surface area contributed by atoms with E-state index >= 15 is 0 Å². The van der Waals surface area contributed by atoms with Gasteiger partial charge < -0.3 is 10.4 Å². The second-order valence-electron chi connectivity index (χ2n) is 6.69. The lowest BCUT2D eigenvalue weighted by atomic mass is 10.0. The van der Waals surface area contributed by atoms with Crippen molar-refractivity contribution in [2.24, 2.45) is 5.92 Å². The van der Waals surface area contributed by atoms with Gasteiger partial charge in [0, 0.05) is 5.02 Å². The van der Waals surface area contributed by atoms with Crippen LogP contribution in [0.15, 0.2) is 42.5 Å². The van der Waals surface area contributed by atoms with E-state index in [2.05, 4.69) is 5.32 Å². The van der Waals surface area contributed by atoms with Crippen LogP contribution in [0.4, 0.5) is 5.69 Å². The third-order valence-corrected chi connectivity index (χ3v) is 4.69. The molecular formula is C20H17ClN2O5. The van der Waals surface area contributed by atoms with Crippen molar-refractivity contribution in [3.8, 4) is 0 Å². The molecule has 2 N–H and O–H groups in total. The van der Waals surface area contributed by atoms with E-state index in [0.717, 1.165) is 4.90 Å². The van der Waals surface area contributed by atoms with Crippen LogP contribution >= 0.6 is 11.6 Å². The van der Waals surface area contributed by atoms with E-state index in [4.69, 9.17) is 11.6 Å². The van der Waals surface area contributed by atoms with Crippen molar-refractivity contribution < 1.29 is 24.3 Å². The normalized spacial score (nSPS) is 14.2. The number of hydrogen-bond acceptors (Lipinski definition) is 4. The summed E-state index contributed by atoms with van der Waals surface area (Å²) >= 11 is 6.01. The lowest BCUT2D eigenvalue weighted by Gasteiger charge is -2.21. The molecule has 1 atom stereocenters. The molecule has 0 spiro atoms. The highest BCUT2D eigenvalue weighted by atomic mass is 35.5. The standard InChI is InChI=1S/C20H17ClN2O5/c1-10(2)16(20(27)28)22-17(24)14-9-11(21)7-8-15(14)23-18(25)12-5-3-4-6-13(12)19(23)26/h3-10,16H,1-2H3,(H,22,24)(H,27,28). The minimum Gasteiger partial charge on any atom is -0.480 e. The molecule has 1 aliphatic heterocycles. The van der Waals surface area contributed by atoms with Crippen LogP contribution in [0.25, 0.3) is 0 Å². The number of amides is 3. The van der Waals surface area contributed by atoms with Crippen molar-refractivity contribution in [2.45, 2.75) is 19.9 Å². The molecule has 28 heavy (non-hydrogen) atoms. The fourth-order valence-corrected chi connectivity index (χ4v) is 3.20. The molecule has 3 amide bonds. The van der Waals surface area contributed by atoms with E-state index in [0.29, 0.717) is 0 Å². The number of carbonyl (C=O) groups excluding carboxylic acids is 3. The van der Waals surface area contributed by atoms with Gasteiger partial charge in [-0.25, -0.2) is 9.69 Å². The van der Waals surface area contributed by atoms with E-state index in [1.54, 1.807) is 26.0 Å². The quantitative estimate of drug-likeness (QED) is 0.751. The van der Waals surface area contributed by atoms with Gasteiger partial charge in [0.2, 0.25) is 0 Å². The third-order valence-electron chi connectivity index (χ3n) is 4.46. The first kappa shape index (κ1) is 19.6. The van der Waals surface area contributed by atoms with Crippen molar-refractivity contribution >= 4 is 41.0 Å². The molecule has 7 nitrogen and oxygen atoms in total. The van der Waals surface area contributed by atoms with Crippen molar-refractivity contribution in [3.63, 3.8) is 0 Å². The number of carboxylic acids is 1. The molecule has 1 heterocycles. The Balaban J connectivity index is 2.03. The fraction of sp³-hybridized carbons (Fsp3) is 0.200. The molecule has 0 fully saturated rings. The van der Waals surface area contributed by atoms with Gasteiger partial charge in [0.25, 0.3) is 17.7 Å². The average molecular weight is 401 g/mol. The first-order chi connectivity index (χ1) is 13.2. The number of fused-ring (bicyclic) bond motifs is 1. The number of carboxylic acid groups (broad SMARTS) is 1. The highest BCUT2D eigenvalue weighted by molar-refractivity contribution is 6.36. The summed E-state index contributed by atoms with van der Waals surface area (Å²) in [6, 6.07) is 9.36. The maximum Gasteiger partial charge on any atom is 0.326 e. The SMILES string of the molecule is CC(C)C(NC(=O)c1cc(Cl)ccc1N1C(=O)c2ccccc2C1=O)C(=O)O. The van der Waals surface area contributed by atoms with Gasteiger partial charge in [-0.2, -0.15) is 0 Å². The molecule has 8 heteroatoms. The first-order valence-corrected chi connectivity index (χ1v) is 8.91. The summed E-state index contributed by atoms with van der Waals surface area (Å²) in [5, 5.41) is 12.0. The molecule has 1 unspecified atom stereocenters. The van der Waals surface area contributed by atoms with Crippen molar-refractivity contribution in [3.05, 3.63) is 64.2 Å². The topological polar surface area (TPSA) is 104 Å². The molecule has 1 aliphatic rings. The Hall–Kier alpha value is -3.19. The summed E-state index contributed by atoms with van der Waals surface area (Å²) in [6.07, 6.45) is 0. The van der Waals surface area contributed by atoms with E-state index < -0.39 is 29.7 Å². The molecule has 0 bridgehead atoms. The zero-order valence-electron chi connectivity index (χ0n) is 15.1. The second-order valence-corrected chi connectivity index (χ2v) is 7.12. The van der Waals surface area contributed by atoms with Gasteiger partial charge in [0.15, 0.2) is 0 Å². The van der Waals surface area contributed by atoms with Gasteiger partial charge in [-0.15, -0.1) is 0 Å². The van der Waals surface area contributed by atoms with Crippen LogP contribution in [0.2, 0.25) is 5.02 Å². The Morgan fingerprint density at radius 1 is 1.04 bits per heavy atom. The Labute approximate surface area is 165 Å². The highest BCUT2D eigenvalue weighted by Gasteiger charge is 2.38. The number of aliphatic carboxylic acids is 1. The predicted molar refractivity (Wildman–Crippen MR) is 103 cm³/mol. The van der Waals surface area contributed by atoms with Gasteiger partial charge >= 0.3 is 5.97 Å². The van der Waals surface area contributed by atoms with Crippen LogP contribution in [0.1, 0.15) is 44.9 Å². The number of hydrogen-bond donors (Lipinski definition) is 2. The van der Waals surface area contributed by atoms with Gasteiger partial charge in [-0.1, -0.05) is 37.6 Å². The Bertz CT molecular complexity index is 967. The smallest absolute Gasteiger partial charge is 0.326 e. The van der Waals surface area contributed by atoms with E-state index in [9.17, 15) is 24.3 Å². The lowest BCUT2D eigenvalue weighted by molar-refractivity contribution is -0.140. The third kappa shape index (κ3) is 3.36. The zero-order valence-corrected chi connectivity index (χ0v) is 15.9. The Morgan fingerprint density at radius 3 is 2.11 bits per heavy atom.